The Hall–Kier alpha value is -2.77. The average Bonchev–Trinajstić information content (AvgIpc) is 3.05. The van der Waals surface area contributed by atoms with Crippen molar-refractivity contribution in [3.05, 3.63) is 58.7 Å². The molecule has 160 valence electrons. The molecule has 6 nitrogen and oxygen atoms in total. The molecule has 0 radical (unpaired) electrons. The standard InChI is InChI=1S/C22H23ClFNO5/c1-14(10-24)13-29-19-6-5-17(23)9-16(19)12-25-11-15(7-8-26)21-18(25)3-2-4-20(21)30-22(27)28/h2-6,9,11,14,26H,7-8,10,12-13H2,1H3,(H,27,28). The predicted molar refractivity (Wildman–Crippen MR) is 113 cm³/mol. The Morgan fingerprint density at radius 2 is 2.03 bits per heavy atom. The number of carboxylic acid groups (broad SMARTS) is 1. The first-order chi connectivity index (χ1) is 14.4. The molecule has 0 amide bonds. The highest BCUT2D eigenvalue weighted by Gasteiger charge is 2.17. The minimum atomic E-state index is -1.40. The highest BCUT2D eigenvalue weighted by atomic mass is 35.5. The lowest BCUT2D eigenvalue weighted by Crippen LogP contribution is -2.12. The monoisotopic (exact) mass is 435 g/mol. The molecule has 2 N–H and O–H groups in total. The summed E-state index contributed by atoms with van der Waals surface area (Å²) in [4.78, 5) is 11.1. The van der Waals surface area contributed by atoms with Gasteiger partial charge in [-0.25, -0.2) is 4.79 Å². The first-order valence-electron chi connectivity index (χ1n) is 9.52. The molecule has 0 bridgehead atoms. The smallest absolute Gasteiger partial charge is 0.493 e. The number of aromatic nitrogens is 1. The van der Waals surface area contributed by atoms with Crippen molar-refractivity contribution in [3.8, 4) is 11.5 Å². The summed E-state index contributed by atoms with van der Waals surface area (Å²) in [6.07, 6.45) is 0.790. The second-order valence-corrected chi connectivity index (χ2v) is 7.53. The number of halogens is 2. The number of fused-ring (bicyclic) bond motifs is 1. The van der Waals surface area contributed by atoms with E-state index >= 15 is 0 Å². The van der Waals surface area contributed by atoms with Crippen molar-refractivity contribution < 1.29 is 28.9 Å². The van der Waals surface area contributed by atoms with Crippen LogP contribution in [0.5, 0.6) is 11.5 Å². The van der Waals surface area contributed by atoms with Crippen LogP contribution in [0.3, 0.4) is 0 Å². The van der Waals surface area contributed by atoms with Crippen molar-refractivity contribution in [2.75, 3.05) is 19.9 Å². The van der Waals surface area contributed by atoms with Gasteiger partial charge in [-0.1, -0.05) is 24.6 Å². The van der Waals surface area contributed by atoms with Crippen LogP contribution in [0.1, 0.15) is 18.1 Å². The van der Waals surface area contributed by atoms with E-state index in [-0.39, 0.29) is 24.9 Å². The summed E-state index contributed by atoms with van der Waals surface area (Å²) < 4.78 is 25.5. The zero-order valence-corrected chi connectivity index (χ0v) is 17.2. The topological polar surface area (TPSA) is 80.9 Å². The summed E-state index contributed by atoms with van der Waals surface area (Å²) in [6.45, 7) is 1.83. The van der Waals surface area contributed by atoms with Gasteiger partial charge in [-0.3, -0.25) is 4.39 Å². The fourth-order valence-electron chi connectivity index (χ4n) is 3.30. The number of hydrogen-bond donors (Lipinski definition) is 2. The van der Waals surface area contributed by atoms with Gasteiger partial charge in [0.25, 0.3) is 0 Å². The van der Waals surface area contributed by atoms with Gasteiger partial charge in [-0.15, -0.1) is 0 Å². The zero-order chi connectivity index (χ0) is 21.7. The van der Waals surface area contributed by atoms with Gasteiger partial charge < -0.3 is 24.3 Å². The third-order valence-corrected chi connectivity index (χ3v) is 4.91. The average molecular weight is 436 g/mol. The normalized spacial score (nSPS) is 12.1. The van der Waals surface area contributed by atoms with Gasteiger partial charge in [0.1, 0.15) is 11.5 Å². The number of ether oxygens (including phenoxy) is 2. The minimum Gasteiger partial charge on any atom is -0.493 e. The summed E-state index contributed by atoms with van der Waals surface area (Å²) >= 11 is 6.19. The first kappa shape index (κ1) is 21.9. The van der Waals surface area contributed by atoms with E-state index in [0.29, 0.717) is 29.1 Å². The molecule has 0 fully saturated rings. The Morgan fingerprint density at radius 1 is 1.23 bits per heavy atom. The summed E-state index contributed by atoms with van der Waals surface area (Å²) in [6, 6.07) is 10.4. The maximum Gasteiger partial charge on any atom is 0.511 e. The van der Waals surface area contributed by atoms with Crippen LogP contribution < -0.4 is 9.47 Å². The van der Waals surface area contributed by atoms with Crippen molar-refractivity contribution >= 4 is 28.7 Å². The number of benzene rings is 2. The summed E-state index contributed by atoms with van der Waals surface area (Å²) in [5, 5.41) is 19.7. The van der Waals surface area contributed by atoms with E-state index < -0.39 is 12.8 Å². The van der Waals surface area contributed by atoms with E-state index in [1.165, 1.54) is 0 Å². The molecule has 0 aliphatic rings. The summed E-state index contributed by atoms with van der Waals surface area (Å²) in [5.74, 6) is 0.581. The fourth-order valence-corrected chi connectivity index (χ4v) is 3.49. The number of nitrogens with zero attached hydrogens (tertiary/aromatic N) is 1. The molecular weight excluding hydrogens is 413 g/mol. The Balaban J connectivity index is 2.02. The highest BCUT2D eigenvalue weighted by Crippen LogP contribution is 2.33. The molecule has 8 heteroatoms. The number of hydrogen-bond acceptors (Lipinski definition) is 4. The van der Waals surface area contributed by atoms with Crippen LogP contribution in [0, 0.1) is 5.92 Å². The maximum atomic E-state index is 12.8. The zero-order valence-electron chi connectivity index (χ0n) is 16.5. The molecule has 0 spiro atoms. The van der Waals surface area contributed by atoms with Gasteiger partial charge in [0.2, 0.25) is 0 Å². The third kappa shape index (κ3) is 5.04. The van der Waals surface area contributed by atoms with Crippen LogP contribution in [0.15, 0.2) is 42.6 Å². The number of aliphatic hydroxyl groups excluding tert-OH is 1. The molecule has 1 aromatic heterocycles. The van der Waals surface area contributed by atoms with Crippen molar-refractivity contribution in [3.63, 3.8) is 0 Å². The van der Waals surface area contributed by atoms with E-state index in [4.69, 9.17) is 26.2 Å². The molecule has 1 heterocycles. The summed E-state index contributed by atoms with van der Waals surface area (Å²) in [7, 11) is 0. The molecule has 0 aliphatic carbocycles. The van der Waals surface area contributed by atoms with Crippen molar-refractivity contribution in [1.29, 1.82) is 0 Å². The van der Waals surface area contributed by atoms with E-state index in [2.05, 4.69) is 0 Å². The molecular formula is C22H23ClFNO5. The lowest BCUT2D eigenvalue weighted by molar-refractivity contribution is 0.145. The molecule has 1 unspecified atom stereocenters. The van der Waals surface area contributed by atoms with E-state index in [0.717, 1.165) is 16.6 Å². The molecule has 2 aromatic carbocycles. The second kappa shape index (κ2) is 9.82. The van der Waals surface area contributed by atoms with Crippen LogP contribution >= 0.6 is 11.6 Å². The van der Waals surface area contributed by atoms with Gasteiger partial charge in [0, 0.05) is 34.7 Å². The third-order valence-electron chi connectivity index (χ3n) is 4.67. The Bertz CT molecular complexity index is 1040. The molecule has 0 aliphatic heterocycles. The predicted octanol–water partition coefficient (Wildman–Crippen LogP) is 4.92. The molecule has 0 saturated carbocycles. The Morgan fingerprint density at radius 3 is 2.73 bits per heavy atom. The lowest BCUT2D eigenvalue weighted by atomic mass is 10.1. The lowest BCUT2D eigenvalue weighted by Gasteiger charge is -2.15. The molecule has 1 atom stereocenters. The molecule has 3 rings (SSSR count). The van der Waals surface area contributed by atoms with E-state index in [1.54, 1.807) is 37.3 Å². The van der Waals surface area contributed by atoms with Crippen molar-refractivity contribution in [1.82, 2.24) is 4.57 Å². The van der Waals surface area contributed by atoms with Crippen LogP contribution in [0.2, 0.25) is 5.02 Å². The number of carbonyl (C=O) groups is 1. The second-order valence-electron chi connectivity index (χ2n) is 7.10. The Kier molecular flexibility index (Phi) is 7.18. The molecule has 3 aromatic rings. The van der Waals surface area contributed by atoms with Crippen molar-refractivity contribution in [2.24, 2.45) is 5.92 Å². The number of aliphatic hydroxyl groups is 1. The van der Waals surface area contributed by atoms with Crippen LogP contribution in [-0.2, 0) is 13.0 Å². The van der Waals surface area contributed by atoms with Crippen LogP contribution in [0.4, 0.5) is 9.18 Å². The quantitative estimate of drug-likeness (QED) is 0.368. The number of alkyl halides is 1. The molecule has 30 heavy (non-hydrogen) atoms. The van der Waals surface area contributed by atoms with Gasteiger partial charge in [-0.05, 0) is 42.3 Å². The highest BCUT2D eigenvalue weighted by molar-refractivity contribution is 6.30. The maximum absolute atomic E-state index is 12.8. The minimum absolute atomic E-state index is 0.0901. The van der Waals surface area contributed by atoms with Gasteiger partial charge in [-0.2, -0.15) is 0 Å². The van der Waals surface area contributed by atoms with E-state index in [1.807, 2.05) is 16.8 Å². The largest absolute Gasteiger partial charge is 0.511 e. The van der Waals surface area contributed by atoms with Crippen LogP contribution in [-0.4, -0.2) is 40.8 Å². The molecule has 0 saturated heterocycles. The van der Waals surface area contributed by atoms with Gasteiger partial charge in [0.15, 0.2) is 0 Å². The van der Waals surface area contributed by atoms with E-state index in [9.17, 15) is 14.3 Å². The first-order valence-corrected chi connectivity index (χ1v) is 9.90. The van der Waals surface area contributed by atoms with Crippen molar-refractivity contribution in [2.45, 2.75) is 19.9 Å². The Labute approximate surface area is 178 Å². The van der Waals surface area contributed by atoms with Gasteiger partial charge >= 0.3 is 6.16 Å². The van der Waals surface area contributed by atoms with Gasteiger partial charge in [0.05, 0.1) is 25.3 Å². The van der Waals surface area contributed by atoms with Crippen LogP contribution in [0.25, 0.3) is 10.9 Å². The fraction of sp³-hybridized carbons (Fsp3) is 0.318. The number of rotatable bonds is 9. The SMILES string of the molecule is CC(CF)COc1ccc(Cl)cc1Cn1cc(CCO)c2c(OC(=O)O)cccc21. The summed E-state index contributed by atoms with van der Waals surface area (Å²) in [5.41, 5.74) is 2.31.